The van der Waals surface area contributed by atoms with E-state index in [2.05, 4.69) is 10.3 Å². The lowest BCUT2D eigenvalue weighted by Gasteiger charge is -2.18. The quantitative estimate of drug-likeness (QED) is 0.345. The molecule has 2 N–H and O–H groups in total. The third-order valence-corrected chi connectivity index (χ3v) is 5.40. The van der Waals surface area contributed by atoms with Gasteiger partial charge in [-0.25, -0.2) is 0 Å². The fourth-order valence-corrected chi connectivity index (χ4v) is 3.56. The monoisotopic (exact) mass is 498 g/mol. The summed E-state index contributed by atoms with van der Waals surface area (Å²) in [7, 11) is 0. The van der Waals surface area contributed by atoms with Crippen LogP contribution in [0.1, 0.15) is 53.4 Å². The van der Waals surface area contributed by atoms with Crippen molar-refractivity contribution < 1.29 is 32.7 Å². The van der Waals surface area contributed by atoms with E-state index in [1.165, 1.54) is 6.07 Å². The number of nitrogens with one attached hydrogen (secondary N) is 2. The summed E-state index contributed by atoms with van der Waals surface area (Å²) in [5.41, 5.74) is 0.559. The first kappa shape index (κ1) is 26.4. The van der Waals surface area contributed by atoms with E-state index in [1.807, 2.05) is 31.3 Å². The van der Waals surface area contributed by atoms with Gasteiger partial charge in [-0.15, -0.1) is 0 Å². The van der Waals surface area contributed by atoms with Gasteiger partial charge >= 0.3 is 6.18 Å². The Kier molecular flexibility index (Phi) is 7.77. The topological polar surface area (TPSA) is 111 Å². The van der Waals surface area contributed by atoms with Crippen LogP contribution in [-0.2, 0) is 11.0 Å². The fraction of sp³-hybridized carbons (Fsp3) is 0.231. The van der Waals surface area contributed by atoms with Crippen LogP contribution < -0.4 is 15.7 Å². The zero-order chi connectivity index (χ0) is 26.6. The number of aryl methyl sites for hydroxylation is 1. The lowest BCUT2D eigenvalue weighted by atomic mass is 10.00. The number of hydrogen-bond acceptors (Lipinski definition) is 5. The first-order chi connectivity index (χ1) is 16.8. The maximum absolute atomic E-state index is 13.3. The van der Waals surface area contributed by atoms with Crippen molar-refractivity contribution in [2.45, 2.75) is 39.3 Å². The molecule has 0 saturated heterocycles. The predicted molar refractivity (Wildman–Crippen MR) is 127 cm³/mol. The van der Waals surface area contributed by atoms with E-state index in [0.717, 1.165) is 24.2 Å². The number of alkyl halides is 3. The number of halogens is 3. The molecule has 1 aromatic heterocycles. The molecular formula is C26H23F3N3O4-. The second-order valence-electron chi connectivity index (χ2n) is 8.48. The molecule has 0 spiro atoms. The number of amides is 2. The van der Waals surface area contributed by atoms with Gasteiger partial charge < -0.3 is 20.5 Å². The van der Waals surface area contributed by atoms with Crippen molar-refractivity contribution in [2.75, 3.05) is 10.6 Å². The van der Waals surface area contributed by atoms with Crippen molar-refractivity contribution in [1.29, 1.82) is 0 Å². The number of Topliss-reactive ketones (excluding diaryl/α,β-unsaturated/α-hetero) is 1. The van der Waals surface area contributed by atoms with E-state index >= 15 is 0 Å². The molecule has 0 saturated carbocycles. The van der Waals surface area contributed by atoms with Gasteiger partial charge in [0.25, 0.3) is 0 Å². The summed E-state index contributed by atoms with van der Waals surface area (Å²) < 4.78 is 39.9. The Bertz CT molecular complexity index is 1300. The first-order valence-electron chi connectivity index (χ1n) is 10.9. The van der Waals surface area contributed by atoms with E-state index in [4.69, 9.17) is 0 Å². The number of carbonyl (C=O) groups excluding carboxylic acids is 3. The minimum absolute atomic E-state index is 0.226. The number of pyridine rings is 1. The normalized spacial score (nSPS) is 11.3. The summed E-state index contributed by atoms with van der Waals surface area (Å²) in [5.74, 6) is -1.22. The number of hydrogen-bond donors (Lipinski definition) is 2. The molecule has 0 radical (unpaired) electrons. The fourth-order valence-electron chi connectivity index (χ4n) is 3.56. The van der Waals surface area contributed by atoms with Crippen molar-refractivity contribution in [3.63, 3.8) is 0 Å². The zero-order valence-electron chi connectivity index (χ0n) is 19.7. The average molecular weight is 498 g/mol. The lowest BCUT2D eigenvalue weighted by molar-refractivity contribution is -0.242. The third kappa shape index (κ3) is 6.47. The van der Waals surface area contributed by atoms with Crippen molar-refractivity contribution in [3.05, 3.63) is 77.1 Å². The van der Waals surface area contributed by atoms with Crippen LogP contribution in [-0.4, -0.2) is 22.8 Å². The van der Waals surface area contributed by atoms with Gasteiger partial charge in [-0.3, -0.25) is 14.6 Å². The molecule has 0 bridgehead atoms. The van der Waals surface area contributed by atoms with Crippen molar-refractivity contribution >= 4 is 29.2 Å². The van der Waals surface area contributed by atoms with Crippen LogP contribution in [0, 0.1) is 6.92 Å². The van der Waals surface area contributed by atoms with Crippen molar-refractivity contribution in [2.24, 2.45) is 0 Å². The van der Waals surface area contributed by atoms with Gasteiger partial charge in [0.15, 0.2) is 5.78 Å². The highest BCUT2D eigenvalue weighted by molar-refractivity contribution is 6.12. The predicted octanol–water partition coefficient (Wildman–Crippen LogP) is 5.17. The molecule has 0 fully saturated rings. The van der Waals surface area contributed by atoms with Gasteiger partial charge in [-0.1, -0.05) is 38.1 Å². The maximum Gasteiger partial charge on any atom is 0.416 e. The molecule has 0 aliphatic carbocycles. The first-order valence-corrected chi connectivity index (χ1v) is 10.9. The minimum atomic E-state index is -4.73. The number of anilines is 2. The zero-order valence-corrected chi connectivity index (χ0v) is 19.7. The molecule has 0 aliphatic rings. The molecule has 10 heteroatoms. The molecule has 188 valence electrons. The van der Waals surface area contributed by atoms with Crippen LogP contribution in [0.5, 0.6) is 0 Å². The van der Waals surface area contributed by atoms with E-state index in [9.17, 15) is 32.7 Å². The van der Waals surface area contributed by atoms with Gasteiger partial charge in [0.2, 0.25) is 5.91 Å². The summed E-state index contributed by atoms with van der Waals surface area (Å²) >= 11 is 0. The summed E-state index contributed by atoms with van der Waals surface area (Å²) in [6.45, 7) is 5.19. The van der Waals surface area contributed by atoms with Crippen LogP contribution in [0.3, 0.4) is 0 Å². The maximum atomic E-state index is 13.3. The number of rotatable bonds is 7. The van der Waals surface area contributed by atoms with Gasteiger partial charge in [0, 0.05) is 23.0 Å². The highest BCUT2D eigenvalue weighted by Gasteiger charge is 2.33. The Hall–Kier alpha value is -4.21. The summed E-state index contributed by atoms with van der Waals surface area (Å²) in [6, 6.07) is 11.8. The van der Waals surface area contributed by atoms with Crippen LogP contribution in [0.4, 0.5) is 29.3 Å². The second-order valence-corrected chi connectivity index (χ2v) is 8.48. The largest absolute Gasteiger partial charge is 0.530 e. The Morgan fingerprint density at radius 2 is 1.67 bits per heavy atom. The molecule has 2 aromatic carbocycles. The smallest absolute Gasteiger partial charge is 0.416 e. The molecule has 1 heterocycles. The van der Waals surface area contributed by atoms with E-state index in [-0.39, 0.29) is 22.7 Å². The Balaban J connectivity index is 1.80. The third-order valence-electron chi connectivity index (χ3n) is 5.40. The molecule has 2 amide bonds. The summed E-state index contributed by atoms with van der Waals surface area (Å²) in [5, 5.41) is 15.0. The van der Waals surface area contributed by atoms with Crippen LogP contribution in [0.2, 0.25) is 0 Å². The van der Waals surface area contributed by atoms with Crippen LogP contribution in [0.15, 0.2) is 54.7 Å². The standard InChI is InChI=1S/C26H24F3N3O4/c1-14(2)20-8-7-18(13-30-20)16-5-4-6-17(10-16)23(33)12-24(34)31-22-11-19(26(27,28)29)15(3)9-21(22)32-25(35)36/h4-11,13-14,32H,12H2,1-3H3,(H,31,34)(H,35,36)/p-1. The van der Waals surface area contributed by atoms with Crippen LogP contribution >= 0.6 is 0 Å². The molecule has 0 atom stereocenters. The Morgan fingerprint density at radius 1 is 0.972 bits per heavy atom. The number of carbonyl (C=O) groups is 3. The summed E-state index contributed by atoms with van der Waals surface area (Å²) in [6.07, 6.45) is -5.49. The Morgan fingerprint density at radius 3 is 2.25 bits per heavy atom. The van der Waals surface area contributed by atoms with E-state index in [0.29, 0.717) is 11.6 Å². The highest BCUT2D eigenvalue weighted by Crippen LogP contribution is 2.37. The van der Waals surface area contributed by atoms with Gasteiger partial charge in [0.05, 0.1) is 23.4 Å². The van der Waals surface area contributed by atoms with Crippen molar-refractivity contribution in [3.8, 4) is 11.1 Å². The van der Waals surface area contributed by atoms with Crippen LogP contribution in [0.25, 0.3) is 11.1 Å². The number of benzene rings is 2. The van der Waals surface area contributed by atoms with Gasteiger partial charge in [-0.2, -0.15) is 13.2 Å². The molecular weight excluding hydrogens is 475 g/mol. The molecule has 3 rings (SSSR count). The summed E-state index contributed by atoms with van der Waals surface area (Å²) in [4.78, 5) is 40.6. The number of aromatic nitrogens is 1. The van der Waals surface area contributed by atoms with E-state index < -0.39 is 41.6 Å². The number of nitrogens with zero attached hydrogens (tertiary/aromatic N) is 1. The highest BCUT2D eigenvalue weighted by atomic mass is 19.4. The van der Waals surface area contributed by atoms with E-state index in [1.54, 1.807) is 24.4 Å². The minimum Gasteiger partial charge on any atom is -0.530 e. The second kappa shape index (κ2) is 10.6. The average Bonchev–Trinajstić information content (AvgIpc) is 2.79. The van der Waals surface area contributed by atoms with Crippen molar-refractivity contribution in [1.82, 2.24) is 4.98 Å². The van der Waals surface area contributed by atoms with Gasteiger partial charge in [0.1, 0.15) is 6.09 Å². The molecule has 3 aromatic rings. The molecule has 0 aliphatic heterocycles. The molecule has 7 nitrogen and oxygen atoms in total. The van der Waals surface area contributed by atoms with Gasteiger partial charge in [-0.05, 0) is 48.2 Å². The molecule has 0 unspecified atom stereocenters. The molecule has 36 heavy (non-hydrogen) atoms. The lowest BCUT2D eigenvalue weighted by Crippen LogP contribution is -2.29. The Labute approximate surface area is 205 Å². The number of ketones is 1. The number of carboxylic acid groups (broad SMARTS) is 1. The SMILES string of the molecule is Cc1cc(NC(=O)[O-])c(NC(=O)CC(=O)c2cccc(-c3ccc(C(C)C)nc3)c2)cc1C(F)(F)F.